The number of aromatic nitrogens is 2. The van der Waals surface area contributed by atoms with Gasteiger partial charge in [-0.1, -0.05) is 0 Å². The van der Waals surface area contributed by atoms with E-state index in [-0.39, 0.29) is 5.78 Å². The van der Waals surface area contributed by atoms with Crippen molar-refractivity contribution in [2.24, 2.45) is 0 Å². The van der Waals surface area contributed by atoms with Crippen LogP contribution in [0.1, 0.15) is 32.2 Å². The van der Waals surface area contributed by atoms with Gasteiger partial charge in [-0.05, 0) is 43.8 Å². The zero-order chi connectivity index (χ0) is 11.7. The maximum absolute atomic E-state index is 12.2. The van der Waals surface area contributed by atoms with E-state index in [9.17, 15) is 4.79 Å². The van der Waals surface area contributed by atoms with Crippen molar-refractivity contribution in [3.8, 4) is 0 Å². The molecule has 16 heavy (non-hydrogen) atoms. The summed E-state index contributed by atoms with van der Waals surface area (Å²) >= 11 is 1.47. The van der Waals surface area contributed by atoms with Gasteiger partial charge < -0.3 is 0 Å². The molecule has 0 atom stereocenters. The lowest BCUT2D eigenvalue weighted by molar-refractivity contribution is 0.104. The number of ketones is 1. The van der Waals surface area contributed by atoms with Gasteiger partial charge in [0.05, 0.1) is 16.3 Å². The van der Waals surface area contributed by atoms with E-state index in [4.69, 9.17) is 0 Å². The Labute approximate surface area is 98.2 Å². The third-order valence-corrected chi connectivity index (χ3v) is 3.43. The van der Waals surface area contributed by atoms with Gasteiger partial charge in [0.1, 0.15) is 0 Å². The Hall–Kier alpha value is -1.55. The molecule has 0 radical (unpaired) electrons. The summed E-state index contributed by atoms with van der Waals surface area (Å²) in [7, 11) is 0. The number of carbonyl (C=O) groups is 1. The van der Waals surface area contributed by atoms with Gasteiger partial charge in [-0.25, -0.2) is 0 Å². The zero-order valence-corrected chi connectivity index (χ0v) is 10.3. The van der Waals surface area contributed by atoms with Gasteiger partial charge in [0.2, 0.25) is 5.78 Å². The summed E-state index contributed by atoms with van der Waals surface area (Å²) in [5.41, 5.74) is 3.12. The lowest BCUT2D eigenvalue weighted by Gasteiger charge is -2.03. The van der Waals surface area contributed by atoms with Gasteiger partial charge in [0, 0.05) is 5.56 Å². The number of aryl methyl sites for hydroxylation is 3. The van der Waals surface area contributed by atoms with Crippen LogP contribution in [-0.2, 0) is 0 Å². The van der Waals surface area contributed by atoms with Crippen molar-refractivity contribution in [3.63, 3.8) is 0 Å². The molecule has 0 aliphatic rings. The molecule has 2 heterocycles. The summed E-state index contributed by atoms with van der Waals surface area (Å²) in [6.45, 7) is 5.59. The highest BCUT2D eigenvalue weighted by molar-refractivity contribution is 7.12. The fraction of sp³-hybridized carbons (Fsp3) is 0.250. The van der Waals surface area contributed by atoms with Crippen LogP contribution in [0.4, 0.5) is 0 Å². The van der Waals surface area contributed by atoms with E-state index in [0.29, 0.717) is 11.3 Å². The topological polar surface area (TPSA) is 42.9 Å². The number of nitrogens with zero attached hydrogens (tertiary/aromatic N) is 2. The minimum atomic E-state index is 0.0444. The molecule has 4 heteroatoms. The SMILES string of the molecule is Cc1cc(C(=O)c2sccc2C)c(C)nn1. The molecule has 0 saturated carbocycles. The Balaban J connectivity index is 2.49. The highest BCUT2D eigenvalue weighted by atomic mass is 32.1. The third-order valence-electron chi connectivity index (χ3n) is 2.41. The largest absolute Gasteiger partial charge is 0.288 e. The van der Waals surface area contributed by atoms with Gasteiger partial charge in [-0.15, -0.1) is 11.3 Å². The Morgan fingerprint density at radius 3 is 2.62 bits per heavy atom. The number of hydrogen-bond donors (Lipinski definition) is 0. The van der Waals surface area contributed by atoms with Crippen LogP contribution in [0.25, 0.3) is 0 Å². The maximum atomic E-state index is 12.2. The van der Waals surface area contributed by atoms with Gasteiger partial charge in [-0.2, -0.15) is 10.2 Å². The van der Waals surface area contributed by atoms with Crippen LogP contribution in [0.2, 0.25) is 0 Å². The molecule has 0 fully saturated rings. The summed E-state index contributed by atoms with van der Waals surface area (Å²) in [4.78, 5) is 13.0. The second-order valence-electron chi connectivity index (χ2n) is 3.75. The minimum Gasteiger partial charge on any atom is -0.288 e. The lowest BCUT2D eigenvalue weighted by Crippen LogP contribution is -2.06. The normalized spacial score (nSPS) is 10.4. The fourth-order valence-electron chi connectivity index (χ4n) is 1.51. The molecule has 0 N–H and O–H groups in total. The lowest BCUT2D eigenvalue weighted by atomic mass is 10.1. The Morgan fingerprint density at radius 1 is 1.25 bits per heavy atom. The van der Waals surface area contributed by atoms with E-state index in [1.54, 1.807) is 6.07 Å². The smallest absolute Gasteiger partial charge is 0.205 e. The molecule has 82 valence electrons. The first-order valence-electron chi connectivity index (χ1n) is 4.99. The summed E-state index contributed by atoms with van der Waals surface area (Å²) in [6, 6.07) is 3.75. The van der Waals surface area contributed by atoms with Crippen LogP contribution in [0.15, 0.2) is 17.5 Å². The van der Waals surface area contributed by atoms with Crippen molar-refractivity contribution in [1.82, 2.24) is 10.2 Å². The molecule has 0 aliphatic heterocycles. The Kier molecular flexibility index (Phi) is 2.83. The highest BCUT2D eigenvalue weighted by Gasteiger charge is 2.16. The van der Waals surface area contributed by atoms with Gasteiger partial charge in [0.25, 0.3) is 0 Å². The van der Waals surface area contributed by atoms with E-state index < -0.39 is 0 Å². The van der Waals surface area contributed by atoms with E-state index in [2.05, 4.69) is 10.2 Å². The molecule has 0 aliphatic carbocycles. The molecule has 2 aromatic heterocycles. The maximum Gasteiger partial charge on any atom is 0.205 e. The molecule has 0 amide bonds. The third kappa shape index (κ3) is 1.88. The van der Waals surface area contributed by atoms with Crippen LogP contribution in [0.3, 0.4) is 0 Å². The molecule has 0 spiro atoms. The first-order chi connectivity index (χ1) is 7.59. The molecular formula is C12H12N2OS. The van der Waals surface area contributed by atoms with Crippen LogP contribution < -0.4 is 0 Å². The van der Waals surface area contributed by atoms with Crippen molar-refractivity contribution in [2.45, 2.75) is 20.8 Å². The number of thiophene rings is 1. The van der Waals surface area contributed by atoms with Crippen molar-refractivity contribution < 1.29 is 4.79 Å². The van der Waals surface area contributed by atoms with Crippen LogP contribution in [0, 0.1) is 20.8 Å². The Bertz CT molecular complexity index is 546. The first-order valence-corrected chi connectivity index (χ1v) is 5.87. The quantitative estimate of drug-likeness (QED) is 0.748. The fourth-order valence-corrected chi connectivity index (χ4v) is 2.39. The number of rotatable bonds is 2. The van der Waals surface area contributed by atoms with E-state index in [1.807, 2.05) is 32.2 Å². The summed E-state index contributed by atoms with van der Waals surface area (Å²) < 4.78 is 0. The van der Waals surface area contributed by atoms with Crippen molar-refractivity contribution >= 4 is 17.1 Å². The molecule has 3 nitrogen and oxygen atoms in total. The molecule has 2 aromatic rings. The number of hydrogen-bond acceptors (Lipinski definition) is 4. The predicted molar refractivity (Wildman–Crippen MR) is 64.0 cm³/mol. The summed E-state index contributed by atoms with van der Waals surface area (Å²) in [5.74, 6) is 0.0444. The van der Waals surface area contributed by atoms with Gasteiger partial charge in [0.15, 0.2) is 0 Å². The number of carbonyl (C=O) groups excluding carboxylic acids is 1. The van der Waals surface area contributed by atoms with E-state index in [0.717, 1.165) is 16.1 Å². The summed E-state index contributed by atoms with van der Waals surface area (Å²) in [6.07, 6.45) is 0. The minimum absolute atomic E-state index is 0.0444. The molecule has 2 rings (SSSR count). The molecular weight excluding hydrogens is 220 g/mol. The van der Waals surface area contributed by atoms with Crippen LogP contribution in [-0.4, -0.2) is 16.0 Å². The highest BCUT2D eigenvalue weighted by Crippen LogP contribution is 2.21. The first kappa shape index (κ1) is 11.0. The van der Waals surface area contributed by atoms with Crippen LogP contribution >= 0.6 is 11.3 Å². The van der Waals surface area contributed by atoms with Crippen molar-refractivity contribution in [1.29, 1.82) is 0 Å². The van der Waals surface area contributed by atoms with E-state index in [1.165, 1.54) is 11.3 Å². The molecule has 0 bridgehead atoms. The second-order valence-corrected chi connectivity index (χ2v) is 4.66. The van der Waals surface area contributed by atoms with Crippen molar-refractivity contribution in [3.05, 3.63) is 44.9 Å². The predicted octanol–water partition coefficient (Wildman–Crippen LogP) is 2.69. The molecule has 0 aromatic carbocycles. The van der Waals surface area contributed by atoms with Crippen LogP contribution in [0.5, 0.6) is 0 Å². The second kappa shape index (κ2) is 4.14. The zero-order valence-electron chi connectivity index (χ0n) is 9.44. The standard InChI is InChI=1S/C12H12N2OS/c1-7-4-5-16-12(7)11(15)10-6-8(2)13-14-9(10)3/h4-6H,1-3H3. The van der Waals surface area contributed by atoms with Gasteiger partial charge >= 0.3 is 0 Å². The molecule has 0 unspecified atom stereocenters. The molecule has 0 saturated heterocycles. The van der Waals surface area contributed by atoms with Gasteiger partial charge in [-0.3, -0.25) is 4.79 Å². The summed E-state index contributed by atoms with van der Waals surface area (Å²) in [5, 5.41) is 9.83. The average Bonchev–Trinajstić information content (AvgIpc) is 2.67. The van der Waals surface area contributed by atoms with Crippen molar-refractivity contribution in [2.75, 3.05) is 0 Å². The monoisotopic (exact) mass is 232 g/mol. The average molecular weight is 232 g/mol. The Morgan fingerprint density at radius 2 is 2.00 bits per heavy atom. The van der Waals surface area contributed by atoms with E-state index >= 15 is 0 Å².